The summed E-state index contributed by atoms with van der Waals surface area (Å²) >= 11 is 4.09. The third-order valence-electron chi connectivity index (χ3n) is 1.31. The van der Waals surface area contributed by atoms with E-state index in [9.17, 15) is 20.2 Å². The average molecular weight is 338 g/mol. The number of hydrogen-bond acceptors (Lipinski definition) is 6. The number of nitro groups is 2. The molecule has 5 N–H and O–H groups in total. The Bertz CT molecular complexity index is 415. The Morgan fingerprint density at radius 1 is 1.16 bits per heavy atom. The van der Waals surface area contributed by atoms with Crippen molar-refractivity contribution >= 4 is 23.0 Å². The molecule has 0 aliphatic carbocycles. The smallest absolute Gasteiger partial charge is 0.280 e. The normalized spacial score (nSPS) is 8.00. The number of nitrogens with two attached hydrogens (primary N) is 2. The van der Waals surface area contributed by atoms with Gasteiger partial charge in [0.2, 0.25) is 10.1 Å². The Labute approximate surface area is 123 Å². The molecular weight excluding hydrogens is 328 g/mol. The number of hydrogen-bond donors (Lipinski definition) is 3. The van der Waals surface area contributed by atoms with Gasteiger partial charge in [-0.15, -0.1) is 0 Å². The molecule has 1 aromatic carbocycles. The molecule has 0 aromatic heterocycles. The second-order valence-electron chi connectivity index (χ2n) is 2.65. The van der Waals surface area contributed by atoms with Crippen LogP contribution in [-0.4, -0.2) is 20.4 Å². The molecule has 0 saturated carbocycles. The predicted molar refractivity (Wildman–Crippen MR) is 66.9 cm³/mol. The van der Waals surface area contributed by atoms with Gasteiger partial charge in [0.05, 0.1) is 5.69 Å². The van der Waals surface area contributed by atoms with Crippen LogP contribution < -0.4 is 16.9 Å². The standard InChI is InChI=1S/C6H6N4O4.CH4N2S.Cu/c11-9(12)8(10(13)14)7-6-4-2-1-3-5-6;2-1(3)4;/h1-5,7H;(H4,2,3,4);. The number of anilines is 1. The Morgan fingerprint density at radius 2 is 1.53 bits per heavy atom. The minimum absolute atomic E-state index is 0. The SMILES string of the molecule is NC(N)=S.O=[N+]([O-])N(Nc1ccccc1)[N+](=O)[O-].[Cu]. The van der Waals surface area contributed by atoms with Crippen molar-refractivity contribution in [1.82, 2.24) is 5.23 Å². The third-order valence-corrected chi connectivity index (χ3v) is 1.31. The van der Waals surface area contributed by atoms with E-state index in [0.29, 0.717) is 0 Å². The van der Waals surface area contributed by atoms with E-state index in [1.165, 1.54) is 12.1 Å². The first-order chi connectivity index (χ1) is 8.34. The number of para-hydroxylation sites is 1. The summed E-state index contributed by atoms with van der Waals surface area (Å²) in [6.07, 6.45) is 0. The number of thiocarbonyl (C=S) groups is 1. The van der Waals surface area contributed by atoms with Crippen LogP contribution in [0.5, 0.6) is 0 Å². The van der Waals surface area contributed by atoms with Crippen molar-refractivity contribution in [1.29, 1.82) is 0 Å². The fourth-order valence-corrected chi connectivity index (χ4v) is 0.769. The van der Waals surface area contributed by atoms with E-state index in [2.05, 4.69) is 23.7 Å². The molecule has 0 amide bonds. The van der Waals surface area contributed by atoms with Crippen molar-refractivity contribution < 1.29 is 27.1 Å². The van der Waals surface area contributed by atoms with Crippen LogP contribution in [0, 0.1) is 20.2 Å². The van der Waals surface area contributed by atoms with Crippen LogP contribution in [0.15, 0.2) is 30.3 Å². The molecule has 0 atom stereocenters. The van der Waals surface area contributed by atoms with E-state index in [0.717, 1.165) is 0 Å². The van der Waals surface area contributed by atoms with Crippen LogP contribution in [0.25, 0.3) is 0 Å². The van der Waals surface area contributed by atoms with Crippen LogP contribution in [0.3, 0.4) is 0 Å². The van der Waals surface area contributed by atoms with Gasteiger partial charge in [0, 0.05) is 17.1 Å². The summed E-state index contributed by atoms with van der Waals surface area (Å²) in [5.74, 6) is 0. The quantitative estimate of drug-likeness (QED) is 0.295. The van der Waals surface area contributed by atoms with Crippen LogP contribution in [0.1, 0.15) is 0 Å². The van der Waals surface area contributed by atoms with Gasteiger partial charge in [0.1, 0.15) is 0 Å². The van der Waals surface area contributed by atoms with Crippen molar-refractivity contribution in [3.05, 3.63) is 50.6 Å². The summed E-state index contributed by atoms with van der Waals surface area (Å²) in [6.45, 7) is 0. The summed E-state index contributed by atoms with van der Waals surface area (Å²) < 4.78 is 0. The molecule has 0 heterocycles. The van der Waals surface area contributed by atoms with E-state index in [4.69, 9.17) is 0 Å². The largest absolute Gasteiger partial charge is 0.377 e. The molecule has 10 nitrogen and oxygen atoms in total. The van der Waals surface area contributed by atoms with Gasteiger partial charge in [-0.25, -0.2) is 20.2 Å². The first kappa shape index (κ1) is 19.2. The van der Waals surface area contributed by atoms with Gasteiger partial charge in [0.25, 0.3) is 5.23 Å². The molecule has 1 rings (SSSR count). The molecule has 12 heteroatoms. The zero-order valence-corrected chi connectivity index (χ0v) is 11.0. The fraction of sp³-hybridized carbons (Fsp3) is 0. The molecular formula is C7H10CuN6O4S. The minimum Gasteiger partial charge on any atom is -0.377 e. The summed E-state index contributed by atoms with van der Waals surface area (Å²) in [5.41, 5.74) is 11.5. The van der Waals surface area contributed by atoms with Gasteiger partial charge in [-0.1, -0.05) is 18.2 Å². The summed E-state index contributed by atoms with van der Waals surface area (Å²) in [5, 5.41) is 17.7. The third kappa shape index (κ3) is 9.52. The van der Waals surface area contributed by atoms with Crippen molar-refractivity contribution in [3.63, 3.8) is 0 Å². The van der Waals surface area contributed by atoms with Crippen molar-refractivity contribution in [2.45, 2.75) is 0 Å². The molecule has 0 unspecified atom stereocenters. The number of hydrazine groups is 3. The Hall–Kier alpha value is -2.17. The molecule has 0 aliphatic rings. The van der Waals surface area contributed by atoms with E-state index in [1.54, 1.807) is 18.2 Å². The number of benzene rings is 1. The fourth-order valence-electron chi connectivity index (χ4n) is 0.769. The molecule has 0 saturated heterocycles. The molecule has 0 bridgehead atoms. The zero-order chi connectivity index (χ0) is 14.1. The first-order valence-electron chi connectivity index (χ1n) is 4.30. The topological polar surface area (TPSA) is 154 Å². The summed E-state index contributed by atoms with van der Waals surface area (Å²) in [7, 11) is 0. The van der Waals surface area contributed by atoms with Crippen LogP contribution in [0.4, 0.5) is 5.69 Å². The number of nitrogens with zero attached hydrogens (tertiary/aromatic N) is 3. The van der Waals surface area contributed by atoms with Gasteiger partial charge in [0.15, 0.2) is 5.11 Å². The number of nitrogens with one attached hydrogen (secondary N) is 1. The molecule has 1 aromatic rings. The monoisotopic (exact) mass is 337 g/mol. The van der Waals surface area contributed by atoms with Gasteiger partial charge in [-0.3, -0.25) is 0 Å². The molecule has 109 valence electrons. The number of rotatable bonds is 4. The minimum atomic E-state index is -1.16. The second kappa shape index (κ2) is 9.82. The molecule has 19 heavy (non-hydrogen) atoms. The maximum absolute atomic E-state index is 10.2. The zero-order valence-electron chi connectivity index (χ0n) is 9.23. The van der Waals surface area contributed by atoms with Crippen LogP contribution in [-0.2, 0) is 17.1 Å². The van der Waals surface area contributed by atoms with E-state index >= 15 is 0 Å². The van der Waals surface area contributed by atoms with Gasteiger partial charge < -0.3 is 11.5 Å². The van der Waals surface area contributed by atoms with Crippen molar-refractivity contribution in [3.8, 4) is 0 Å². The maximum atomic E-state index is 10.2. The predicted octanol–water partition coefficient (Wildman–Crippen LogP) is -0.115. The average Bonchev–Trinajstić information content (AvgIpc) is 2.25. The molecule has 0 spiro atoms. The Morgan fingerprint density at radius 3 is 1.84 bits per heavy atom. The van der Waals surface area contributed by atoms with Gasteiger partial charge >= 0.3 is 0 Å². The van der Waals surface area contributed by atoms with Crippen LogP contribution >= 0.6 is 12.2 Å². The Kier molecular flexibility index (Phi) is 9.91. The molecule has 1 radical (unpaired) electrons. The molecule has 0 fully saturated rings. The van der Waals surface area contributed by atoms with Gasteiger partial charge in [-0.05, 0) is 24.4 Å². The maximum Gasteiger partial charge on any atom is 0.280 e. The molecule has 0 aliphatic heterocycles. The van der Waals surface area contributed by atoms with E-state index < -0.39 is 10.1 Å². The van der Waals surface area contributed by atoms with Crippen molar-refractivity contribution in [2.24, 2.45) is 11.5 Å². The van der Waals surface area contributed by atoms with Crippen molar-refractivity contribution in [2.75, 3.05) is 5.43 Å². The Balaban J connectivity index is 0. The van der Waals surface area contributed by atoms with Crippen LogP contribution in [0.2, 0.25) is 0 Å². The summed E-state index contributed by atoms with van der Waals surface area (Å²) in [6, 6.07) is 7.83. The first-order valence-corrected chi connectivity index (χ1v) is 4.70. The van der Waals surface area contributed by atoms with Gasteiger partial charge in [-0.2, -0.15) is 5.43 Å². The van der Waals surface area contributed by atoms with E-state index in [-0.39, 0.29) is 33.1 Å². The van der Waals surface area contributed by atoms with E-state index in [1.807, 2.05) is 5.43 Å². The summed E-state index contributed by atoms with van der Waals surface area (Å²) in [4.78, 5) is 20.3. The second-order valence-corrected chi connectivity index (χ2v) is 3.12.